The maximum absolute atomic E-state index is 9.49. The first kappa shape index (κ1) is 18.0. The fourth-order valence-corrected chi connectivity index (χ4v) is 2.90. The fraction of sp³-hybridized carbons (Fsp3) is 0.130. The Balaban J connectivity index is 1.82. The fourth-order valence-electron chi connectivity index (χ4n) is 2.90. The van der Waals surface area contributed by atoms with Crippen molar-refractivity contribution >= 4 is 0 Å². The van der Waals surface area contributed by atoms with Crippen LogP contribution in [0.1, 0.15) is 36.1 Å². The molecular formula is C23H18N2O2. The second-order valence-electron chi connectivity index (χ2n) is 6.73. The molecule has 4 nitrogen and oxygen atoms in total. The summed E-state index contributed by atoms with van der Waals surface area (Å²) in [5, 5.41) is 27.6. The standard InChI is InChI=1S/C23H18N2O2/c1-23(2,18-4-8-20(26)9-5-18)19-6-11-21(12-7-19)27-22-10-3-16(14-24)17(13-22)15-25/h3-13,26H,1-2H3. The molecule has 3 rings (SSSR count). The Morgan fingerprint density at radius 2 is 1.26 bits per heavy atom. The Kier molecular flexibility index (Phi) is 4.83. The van der Waals surface area contributed by atoms with Crippen LogP contribution in [0.2, 0.25) is 0 Å². The van der Waals surface area contributed by atoms with Crippen LogP contribution in [0.3, 0.4) is 0 Å². The number of hydrogen-bond acceptors (Lipinski definition) is 4. The molecule has 0 spiro atoms. The molecule has 0 aliphatic rings. The van der Waals surface area contributed by atoms with Crippen molar-refractivity contribution < 1.29 is 9.84 Å². The van der Waals surface area contributed by atoms with Gasteiger partial charge in [0.05, 0.1) is 11.1 Å². The molecule has 3 aromatic carbocycles. The number of phenols is 1. The first-order valence-electron chi connectivity index (χ1n) is 8.46. The molecule has 0 bridgehead atoms. The molecule has 0 fully saturated rings. The zero-order valence-electron chi connectivity index (χ0n) is 15.1. The third kappa shape index (κ3) is 3.76. The summed E-state index contributed by atoms with van der Waals surface area (Å²) in [5.41, 5.74) is 2.60. The average molecular weight is 354 g/mol. The summed E-state index contributed by atoms with van der Waals surface area (Å²) >= 11 is 0. The highest BCUT2D eigenvalue weighted by atomic mass is 16.5. The molecule has 1 N–H and O–H groups in total. The Morgan fingerprint density at radius 1 is 0.741 bits per heavy atom. The zero-order chi connectivity index (χ0) is 19.4. The first-order valence-corrected chi connectivity index (χ1v) is 8.46. The molecule has 3 aromatic rings. The number of phenolic OH excluding ortho intramolecular Hbond substituents is 1. The van der Waals surface area contributed by atoms with Gasteiger partial charge in [0, 0.05) is 5.41 Å². The summed E-state index contributed by atoms with van der Waals surface area (Å²) in [6, 6.07) is 23.8. The van der Waals surface area contributed by atoms with Crippen molar-refractivity contribution in [2.24, 2.45) is 0 Å². The van der Waals surface area contributed by atoms with E-state index in [1.165, 1.54) is 0 Å². The van der Waals surface area contributed by atoms with Crippen LogP contribution in [-0.4, -0.2) is 5.11 Å². The lowest BCUT2D eigenvalue weighted by molar-refractivity contribution is 0.474. The number of ether oxygens (including phenoxy) is 1. The van der Waals surface area contributed by atoms with Gasteiger partial charge in [-0.3, -0.25) is 0 Å². The molecule has 0 aliphatic carbocycles. The van der Waals surface area contributed by atoms with Crippen LogP contribution in [-0.2, 0) is 5.41 Å². The highest BCUT2D eigenvalue weighted by Gasteiger charge is 2.23. The van der Waals surface area contributed by atoms with Crippen molar-refractivity contribution in [3.05, 3.63) is 89.0 Å². The number of rotatable bonds is 4. The van der Waals surface area contributed by atoms with Crippen LogP contribution in [0.15, 0.2) is 66.7 Å². The SMILES string of the molecule is CC(C)(c1ccc(O)cc1)c1ccc(Oc2ccc(C#N)c(C#N)c2)cc1. The number of nitriles is 2. The second-order valence-corrected chi connectivity index (χ2v) is 6.73. The molecule has 4 heteroatoms. The zero-order valence-corrected chi connectivity index (χ0v) is 15.1. The van der Waals surface area contributed by atoms with E-state index in [-0.39, 0.29) is 11.2 Å². The van der Waals surface area contributed by atoms with E-state index in [1.54, 1.807) is 30.3 Å². The van der Waals surface area contributed by atoms with Crippen molar-refractivity contribution in [1.82, 2.24) is 0 Å². The highest BCUT2D eigenvalue weighted by Crippen LogP contribution is 2.34. The first-order chi connectivity index (χ1) is 12.9. The van der Waals surface area contributed by atoms with Gasteiger partial charge in [0.15, 0.2) is 0 Å². The minimum atomic E-state index is -0.228. The number of hydrogen-bond donors (Lipinski definition) is 1. The lowest BCUT2D eigenvalue weighted by Crippen LogP contribution is -2.18. The van der Waals surface area contributed by atoms with E-state index in [2.05, 4.69) is 13.8 Å². The Morgan fingerprint density at radius 3 is 1.81 bits per heavy atom. The number of benzene rings is 3. The van der Waals surface area contributed by atoms with Gasteiger partial charge in [0.2, 0.25) is 0 Å². The van der Waals surface area contributed by atoms with Gasteiger partial charge in [-0.05, 0) is 53.6 Å². The van der Waals surface area contributed by atoms with E-state index in [0.29, 0.717) is 22.6 Å². The molecule has 0 saturated carbocycles. The molecule has 0 radical (unpaired) electrons. The normalized spacial score (nSPS) is 10.7. The maximum Gasteiger partial charge on any atom is 0.128 e. The van der Waals surface area contributed by atoms with Gasteiger partial charge in [0.25, 0.3) is 0 Å². The Bertz CT molecular complexity index is 1040. The van der Waals surface area contributed by atoms with E-state index in [1.807, 2.05) is 48.5 Å². The summed E-state index contributed by atoms with van der Waals surface area (Å²) in [5.74, 6) is 1.41. The molecule has 0 aromatic heterocycles. The molecule has 27 heavy (non-hydrogen) atoms. The van der Waals surface area contributed by atoms with Crippen LogP contribution in [0.4, 0.5) is 0 Å². The minimum Gasteiger partial charge on any atom is -0.508 e. The van der Waals surface area contributed by atoms with E-state index in [9.17, 15) is 5.11 Å². The summed E-state index contributed by atoms with van der Waals surface area (Å²) in [7, 11) is 0. The van der Waals surface area contributed by atoms with E-state index < -0.39 is 0 Å². The number of nitrogens with zero attached hydrogens (tertiary/aromatic N) is 2. The lowest BCUT2D eigenvalue weighted by atomic mass is 9.78. The van der Waals surface area contributed by atoms with E-state index >= 15 is 0 Å². The molecule has 0 aliphatic heterocycles. The van der Waals surface area contributed by atoms with Crippen LogP contribution in [0.25, 0.3) is 0 Å². The van der Waals surface area contributed by atoms with Gasteiger partial charge in [-0.2, -0.15) is 10.5 Å². The van der Waals surface area contributed by atoms with Crippen molar-refractivity contribution in [3.63, 3.8) is 0 Å². The van der Waals surface area contributed by atoms with Gasteiger partial charge >= 0.3 is 0 Å². The van der Waals surface area contributed by atoms with E-state index in [0.717, 1.165) is 11.1 Å². The molecule has 0 saturated heterocycles. The van der Waals surface area contributed by atoms with Crippen molar-refractivity contribution in [2.45, 2.75) is 19.3 Å². The summed E-state index contributed by atoms with van der Waals surface area (Å²) in [6.45, 7) is 4.24. The van der Waals surface area contributed by atoms with Crippen molar-refractivity contribution in [2.75, 3.05) is 0 Å². The summed E-state index contributed by atoms with van der Waals surface area (Å²) in [4.78, 5) is 0. The molecule has 0 atom stereocenters. The van der Waals surface area contributed by atoms with Gasteiger partial charge in [-0.25, -0.2) is 0 Å². The number of aromatic hydroxyl groups is 1. The quantitative estimate of drug-likeness (QED) is 0.694. The Hall–Kier alpha value is -3.76. The molecule has 132 valence electrons. The van der Waals surface area contributed by atoms with Crippen LogP contribution >= 0.6 is 0 Å². The summed E-state index contributed by atoms with van der Waals surface area (Å²) in [6.07, 6.45) is 0. The average Bonchev–Trinajstić information content (AvgIpc) is 2.68. The lowest BCUT2D eigenvalue weighted by Gasteiger charge is -2.26. The van der Waals surface area contributed by atoms with Crippen LogP contribution in [0, 0.1) is 22.7 Å². The van der Waals surface area contributed by atoms with Crippen LogP contribution < -0.4 is 4.74 Å². The predicted octanol–water partition coefficient (Wildman–Crippen LogP) is 5.25. The second kappa shape index (κ2) is 7.23. The van der Waals surface area contributed by atoms with Crippen molar-refractivity contribution in [3.8, 4) is 29.4 Å². The predicted molar refractivity (Wildman–Crippen MR) is 103 cm³/mol. The smallest absolute Gasteiger partial charge is 0.128 e. The largest absolute Gasteiger partial charge is 0.508 e. The van der Waals surface area contributed by atoms with Crippen LogP contribution in [0.5, 0.6) is 17.2 Å². The summed E-state index contributed by atoms with van der Waals surface area (Å²) < 4.78 is 5.82. The van der Waals surface area contributed by atoms with Gasteiger partial charge in [-0.1, -0.05) is 38.1 Å². The molecular weight excluding hydrogens is 336 g/mol. The maximum atomic E-state index is 9.49. The topological polar surface area (TPSA) is 77.0 Å². The third-order valence-electron chi connectivity index (χ3n) is 4.63. The van der Waals surface area contributed by atoms with Gasteiger partial charge in [-0.15, -0.1) is 0 Å². The van der Waals surface area contributed by atoms with Gasteiger partial charge in [0.1, 0.15) is 29.4 Å². The van der Waals surface area contributed by atoms with E-state index in [4.69, 9.17) is 15.3 Å². The minimum absolute atomic E-state index is 0.228. The monoisotopic (exact) mass is 354 g/mol. The van der Waals surface area contributed by atoms with Gasteiger partial charge < -0.3 is 9.84 Å². The third-order valence-corrected chi connectivity index (χ3v) is 4.63. The molecule has 0 unspecified atom stereocenters. The highest BCUT2D eigenvalue weighted by molar-refractivity contribution is 5.50. The molecule has 0 heterocycles. The molecule has 0 amide bonds. The van der Waals surface area contributed by atoms with Crippen molar-refractivity contribution in [1.29, 1.82) is 10.5 Å². The Labute approximate surface area is 158 Å².